The van der Waals surface area contributed by atoms with E-state index in [1.807, 2.05) is 0 Å². The third kappa shape index (κ3) is 3.18. The summed E-state index contributed by atoms with van der Waals surface area (Å²) in [5, 5.41) is 11.2. The maximum Gasteiger partial charge on any atom is 0.387 e. The molecule has 0 fully saturated rings. The average Bonchev–Trinajstić information content (AvgIpc) is 3.45. The van der Waals surface area contributed by atoms with Crippen LogP contribution in [0.25, 0.3) is 11.3 Å². The monoisotopic (exact) mass is 414 g/mol. The molecule has 4 heterocycles. The van der Waals surface area contributed by atoms with E-state index in [1.165, 1.54) is 12.3 Å². The Morgan fingerprint density at radius 2 is 2.27 bits per heavy atom. The van der Waals surface area contributed by atoms with Gasteiger partial charge < -0.3 is 14.8 Å². The maximum absolute atomic E-state index is 13.0. The molecule has 0 saturated heterocycles. The summed E-state index contributed by atoms with van der Waals surface area (Å²) in [6, 6.07) is 3.12. The molecule has 11 heteroatoms. The Morgan fingerprint density at radius 1 is 1.37 bits per heavy atom. The molecule has 0 unspecified atom stereocenters. The van der Waals surface area contributed by atoms with Crippen molar-refractivity contribution in [2.24, 2.45) is 4.99 Å². The number of alkyl halides is 2. The molecule has 0 atom stereocenters. The van der Waals surface area contributed by atoms with Gasteiger partial charge in [-0.1, -0.05) is 0 Å². The quantitative estimate of drug-likeness (QED) is 0.693. The summed E-state index contributed by atoms with van der Waals surface area (Å²) in [5.74, 6) is 0.655. The molecule has 1 aromatic carbocycles. The molecule has 0 spiro atoms. The number of fused-ring (bicyclic) bond motifs is 2. The third-order valence-electron chi connectivity index (χ3n) is 4.87. The minimum absolute atomic E-state index is 0.0328. The molecular weight excluding hydrogens is 398 g/mol. The number of aromatic amines is 1. The number of benzene rings is 1. The normalized spacial score (nSPS) is 16.7. The smallest absolute Gasteiger partial charge is 0.387 e. The van der Waals surface area contributed by atoms with Crippen LogP contribution >= 0.6 is 0 Å². The molecule has 1 aromatic heterocycles. The highest BCUT2D eigenvalue weighted by Gasteiger charge is 2.28. The second-order valence-corrected chi connectivity index (χ2v) is 6.66. The van der Waals surface area contributed by atoms with Crippen LogP contribution in [-0.4, -0.2) is 47.1 Å². The molecular formula is C19H16F2N6O3. The fraction of sp³-hybridized carbons (Fsp3) is 0.211. The van der Waals surface area contributed by atoms with E-state index in [9.17, 15) is 13.6 Å². The van der Waals surface area contributed by atoms with Gasteiger partial charge in [-0.25, -0.2) is 10.4 Å². The van der Waals surface area contributed by atoms with Gasteiger partial charge in [-0.2, -0.15) is 13.9 Å². The van der Waals surface area contributed by atoms with Crippen molar-refractivity contribution in [3.63, 3.8) is 0 Å². The zero-order valence-corrected chi connectivity index (χ0v) is 15.5. The molecule has 0 aliphatic carbocycles. The number of nitrogens with one attached hydrogen (secondary N) is 3. The average molecular weight is 414 g/mol. The van der Waals surface area contributed by atoms with E-state index in [4.69, 9.17) is 9.47 Å². The number of aromatic nitrogens is 2. The van der Waals surface area contributed by atoms with Crippen molar-refractivity contribution < 1.29 is 23.0 Å². The molecule has 154 valence electrons. The number of carbonyl (C=O) groups is 1. The highest BCUT2D eigenvalue weighted by Crippen LogP contribution is 2.41. The number of hydrogen-bond donors (Lipinski definition) is 3. The van der Waals surface area contributed by atoms with E-state index < -0.39 is 6.61 Å². The first-order chi connectivity index (χ1) is 14.6. The number of allylic oxidation sites excluding steroid dienone is 1. The lowest BCUT2D eigenvalue weighted by Crippen LogP contribution is -2.27. The number of amides is 1. The molecule has 2 aromatic rings. The van der Waals surface area contributed by atoms with Crippen molar-refractivity contribution in [2.75, 3.05) is 18.5 Å². The van der Waals surface area contributed by atoms with Crippen molar-refractivity contribution >= 4 is 17.8 Å². The molecule has 3 N–H and O–H groups in total. The van der Waals surface area contributed by atoms with E-state index in [0.29, 0.717) is 42.4 Å². The molecule has 9 nitrogen and oxygen atoms in total. The first-order valence-corrected chi connectivity index (χ1v) is 9.17. The second kappa shape index (κ2) is 7.26. The van der Waals surface area contributed by atoms with Crippen LogP contribution in [0, 0.1) is 0 Å². The summed E-state index contributed by atoms with van der Waals surface area (Å²) in [7, 11) is 0. The molecule has 5 rings (SSSR count). The van der Waals surface area contributed by atoms with Crippen LogP contribution in [0.1, 0.15) is 5.56 Å². The number of carbonyl (C=O) groups excluding carboxylic acids is 1. The first-order valence-electron chi connectivity index (χ1n) is 9.17. The molecule has 0 bridgehead atoms. The van der Waals surface area contributed by atoms with E-state index >= 15 is 0 Å². The fourth-order valence-electron chi connectivity index (χ4n) is 3.52. The minimum Gasteiger partial charge on any atom is -0.493 e. The Hall–Kier alpha value is -3.73. The summed E-state index contributed by atoms with van der Waals surface area (Å²) < 4.78 is 36.2. The lowest BCUT2D eigenvalue weighted by Gasteiger charge is -2.16. The van der Waals surface area contributed by atoms with Crippen molar-refractivity contribution in [3.8, 4) is 22.8 Å². The van der Waals surface area contributed by atoms with Gasteiger partial charge in [-0.05, 0) is 18.2 Å². The number of ether oxygens (including phenoxy) is 2. The number of hydrazine groups is 1. The highest BCUT2D eigenvalue weighted by molar-refractivity contribution is 6.07. The summed E-state index contributed by atoms with van der Waals surface area (Å²) in [5.41, 5.74) is 5.11. The zero-order chi connectivity index (χ0) is 20.7. The van der Waals surface area contributed by atoms with Gasteiger partial charge in [0.2, 0.25) is 0 Å². The molecule has 1 amide bonds. The van der Waals surface area contributed by atoms with Crippen LogP contribution in [0.2, 0.25) is 0 Å². The Labute approximate surface area is 169 Å². The van der Waals surface area contributed by atoms with Gasteiger partial charge in [0, 0.05) is 37.1 Å². The van der Waals surface area contributed by atoms with Crippen molar-refractivity contribution in [1.82, 2.24) is 20.6 Å². The topological polar surface area (TPSA) is 104 Å². The van der Waals surface area contributed by atoms with Crippen molar-refractivity contribution in [1.29, 1.82) is 0 Å². The SMILES string of the molecule is O=C(Nc1c[nH]nc1-c1cc2c(cc1OC(F)F)CCO2)C1=C2N=CC=CN2NC1. The first kappa shape index (κ1) is 18.3. The summed E-state index contributed by atoms with van der Waals surface area (Å²) in [4.78, 5) is 17.1. The Bertz CT molecular complexity index is 1110. The molecule has 0 radical (unpaired) electrons. The van der Waals surface area contributed by atoms with E-state index in [-0.39, 0.29) is 22.9 Å². The van der Waals surface area contributed by atoms with Gasteiger partial charge in [0.25, 0.3) is 5.91 Å². The fourth-order valence-corrected chi connectivity index (χ4v) is 3.52. The van der Waals surface area contributed by atoms with Crippen LogP contribution in [-0.2, 0) is 11.2 Å². The van der Waals surface area contributed by atoms with Crippen LogP contribution in [0.4, 0.5) is 14.5 Å². The lowest BCUT2D eigenvalue weighted by atomic mass is 10.0. The summed E-state index contributed by atoms with van der Waals surface area (Å²) in [6.45, 7) is -2.24. The Kier molecular flexibility index (Phi) is 4.43. The second-order valence-electron chi connectivity index (χ2n) is 6.66. The minimum atomic E-state index is -3.00. The molecule has 3 aliphatic heterocycles. The standard InChI is InChI=1S/C19H16F2N6O3/c20-19(21)30-15-6-10-2-5-29-14(10)7-11(15)16-13(9-23-26-16)25-18(28)12-8-24-27-4-1-3-22-17(12)27/h1,3-4,6-7,9,19,24H,2,5,8H2,(H,23,26)(H,25,28). The molecule has 3 aliphatic rings. The van der Waals surface area contributed by atoms with Crippen LogP contribution < -0.4 is 20.2 Å². The number of anilines is 1. The molecule has 30 heavy (non-hydrogen) atoms. The summed E-state index contributed by atoms with van der Waals surface area (Å²) >= 11 is 0. The molecule has 0 saturated carbocycles. The van der Waals surface area contributed by atoms with E-state index in [2.05, 4.69) is 25.9 Å². The number of hydrogen-bond acceptors (Lipinski definition) is 7. The van der Waals surface area contributed by atoms with Crippen LogP contribution in [0.5, 0.6) is 11.5 Å². The largest absolute Gasteiger partial charge is 0.493 e. The lowest BCUT2D eigenvalue weighted by molar-refractivity contribution is -0.112. The van der Waals surface area contributed by atoms with E-state index in [1.54, 1.807) is 29.6 Å². The van der Waals surface area contributed by atoms with Gasteiger partial charge in [0.1, 0.15) is 17.2 Å². The van der Waals surface area contributed by atoms with Gasteiger partial charge >= 0.3 is 6.61 Å². The number of halogens is 2. The van der Waals surface area contributed by atoms with Crippen molar-refractivity contribution in [3.05, 3.63) is 47.6 Å². The number of nitrogens with zero attached hydrogens (tertiary/aromatic N) is 3. The predicted octanol–water partition coefficient (Wildman–Crippen LogP) is 2.18. The predicted molar refractivity (Wildman–Crippen MR) is 103 cm³/mol. The van der Waals surface area contributed by atoms with Crippen LogP contribution in [0.15, 0.2) is 47.0 Å². The van der Waals surface area contributed by atoms with E-state index in [0.717, 1.165) is 5.56 Å². The van der Waals surface area contributed by atoms with Gasteiger partial charge in [0.05, 0.1) is 23.4 Å². The zero-order valence-electron chi connectivity index (χ0n) is 15.5. The van der Waals surface area contributed by atoms with Crippen molar-refractivity contribution in [2.45, 2.75) is 13.0 Å². The Morgan fingerprint density at radius 3 is 3.13 bits per heavy atom. The highest BCUT2D eigenvalue weighted by atomic mass is 19.3. The van der Waals surface area contributed by atoms with Gasteiger partial charge in [0.15, 0.2) is 5.82 Å². The number of rotatable bonds is 5. The maximum atomic E-state index is 13.0. The number of H-pyrrole nitrogens is 1. The van der Waals surface area contributed by atoms with Gasteiger partial charge in [-0.3, -0.25) is 14.9 Å². The third-order valence-corrected chi connectivity index (χ3v) is 4.87. The number of aliphatic imine (C=N–C) groups is 1. The van der Waals surface area contributed by atoms with Gasteiger partial charge in [-0.15, -0.1) is 0 Å². The van der Waals surface area contributed by atoms with Crippen LogP contribution in [0.3, 0.4) is 0 Å². The Balaban J connectivity index is 1.48. The summed E-state index contributed by atoms with van der Waals surface area (Å²) in [6.07, 6.45) is 7.17.